The smallest absolute Gasteiger partial charge is 0.312 e. The highest BCUT2D eigenvalue weighted by molar-refractivity contribution is 5.76. The van der Waals surface area contributed by atoms with E-state index in [9.17, 15) is 9.90 Å². The minimum Gasteiger partial charge on any atom is -0.481 e. The molecule has 112 valence electrons. The fourth-order valence-electron chi connectivity index (χ4n) is 2.26. The molecule has 1 aromatic carbocycles. The Hall–Kier alpha value is -1.39. The lowest BCUT2D eigenvalue weighted by Gasteiger charge is -2.25. The van der Waals surface area contributed by atoms with Crippen molar-refractivity contribution in [3.05, 3.63) is 35.9 Å². The van der Waals surface area contributed by atoms with Crippen LogP contribution in [-0.4, -0.2) is 61.2 Å². The molecule has 0 aliphatic carbocycles. The molecular formula is C16H26N2O2. The lowest BCUT2D eigenvalue weighted by Crippen LogP contribution is -2.33. The van der Waals surface area contributed by atoms with Gasteiger partial charge < -0.3 is 14.9 Å². The fourth-order valence-corrected chi connectivity index (χ4v) is 2.26. The topological polar surface area (TPSA) is 43.8 Å². The average molecular weight is 278 g/mol. The van der Waals surface area contributed by atoms with E-state index < -0.39 is 11.9 Å². The van der Waals surface area contributed by atoms with Gasteiger partial charge in [0.1, 0.15) is 0 Å². The number of carboxylic acids is 1. The van der Waals surface area contributed by atoms with Crippen LogP contribution in [-0.2, 0) is 4.79 Å². The molecule has 1 N–H and O–H groups in total. The number of carboxylic acid groups (broad SMARTS) is 1. The highest BCUT2D eigenvalue weighted by Crippen LogP contribution is 2.17. The second kappa shape index (κ2) is 8.72. The Morgan fingerprint density at radius 1 is 1.20 bits per heavy atom. The maximum absolute atomic E-state index is 11.5. The number of hydrogen-bond donors (Lipinski definition) is 1. The first kappa shape index (κ1) is 16.7. The van der Waals surface area contributed by atoms with Crippen molar-refractivity contribution < 1.29 is 9.90 Å². The summed E-state index contributed by atoms with van der Waals surface area (Å²) in [6, 6.07) is 9.50. The van der Waals surface area contributed by atoms with E-state index in [1.54, 1.807) is 0 Å². The number of rotatable bonds is 9. The molecule has 1 aromatic rings. The maximum atomic E-state index is 11.5. The first-order valence-electron chi connectivity index (χ1n) is 7.19. The Morgan fingerprint density at radius 3 is 2.35 bits per heavy atom. The van der Waals surface area contributed by atoms with Crippen molar-refractivity contribution in [3.8, 4) is 0 Å². The molecule has 1 rings (SSSR count). The Morgan fingerprint density at radius 2 is 1.85 bits per heavy atom. The predicted molar refractivity (Wildman–Crippen MR) is 82.1 cm³/mol. The summed E-state index contributed by atoms with van der Waals surface area (Å²) in [5, 5.41) is 9.45. The Balaban J connectivity index is 2.61. The summed E-state index contributed by atoms with van der Waals surface area (Å²) in [5.74, 6) is -1.20. The molecule has 0 spiro atoms. The van der Waals surface area contributed by atoms with Gasteiger partial charge in [-0.2, -0.15) is 0 Å². The fraction of sp³-hybridized carbons (Fsp3) is 0.562. The van der Waals surface area contributed by atoms with Gasteiger partial charge in [0.25, 0.3) is 0 Å². The zero-order valence-corrected chi connectivity index (χ0v) is 12.7. The first-order valence-corrected chi connectivity index (χ1v) is 7.19. The van der Waals surface area contributed by atoms with Gasteiger partial charge in [-0.3, -0.25) is 4.79 Å². The molecule has 20 heavy (non-hydrogen) atoms. The normalized spacial score (nSPS) is 12.8. The van der Waals surface area contributed by atoms with Crippen LogP contribution in [0.5, 0.6) is 0 Å². The number of carbonyl (C=O) groups is 1. The van der Waals surface area contributed by atoms with E-state index in [2.05, 4.69) is 30.8 Å². The predicted octanol–water partition coefficient (Wildman–Crippen LogP) is 2.13. The summed E-state index contributed by atoms with van der Waals surface area (Å²) in [6.07, 6.45) is 1.06. The van der Waals surface area contributed by atoms with Gasteiger partial charge >= 0.3 is 5.97 Å². The number of nitrogens with zero attached hydrogens (tertiary/aromatic N) is 2. The lowest BCUT2D eigenvalue weighted by atomic mass is 9.98. The molecule has 4 nitrogen and oxygen atoms in total. The molecule has 0 amide bonds. The van der Waals surface area contributed by atoms with E-state index in [-0.39, 0.29) is 0 Å². The first-order chi connectivity index (χ1) is 9.54. The van der Waals surface area contributed by atoms with Gasteiger partial charge in [-0.25, -0.2) is 0 Å². The summed E-state index contributed by atoms with van der Waals surface area (Å²) < 4.78 is 0. The van der Waals surface area contributed by atoms with Crippen LogP contribution in [0.4, 0.5) is 0 Å². The van der Waals surface area contributed by atoms with Crippen LogP contribution in [0.25, 0.3) is 0 Å². The van der Waals surface area contributed by atoms with E-state index in [1.807, 2.05) is 30.3 Å². The van der Waals surface area contributed by atoms with Gasteiger partial charge in [0.15, 0.2) is 0 Å². The minimum atomic E-state index is -0.748. The highest BCUT2D eigenvalue weighted by Gasteiger charge is 2.22. The molecule has 0 heterocycles. The van der Waals surface area contributed by atoms with Crippen molar-refractivity contribution in [2.75, 3.05) is 40.3 Å². The number of hydrogen-bond acceptors (Lipinski definition) is 3. The number of aliphatic carboxylic acids is 1. The molecule has 1 atom stereocenters. The molecule has 4 heteroatoms. The number of benzene rings is 1. The molecule has 0 aliphatic rings. The van der Waals surface area contributed by atoms with Crippen LogP contribution in [0.3, 0.4) is 0 Å². The van der Waals surface area contributed by atoms with E-state index in [0.29, 0.717) is 6.54 Å². The quantitative estimate of drug-likeness (QED) is 0.751. The second-order valence-corrected chi connectivity index (χ2v) is 5.35. The third kappa shape index (κ3) is 5.72. The molecule has 0 fully saturated rings. The van der Waals surface area contributed by atoms with Crippen LogP contribution >= 0.6 is 0 Å². The van der Waals surface area contributed by atoms with E-state index in [4.69, 9.17) is 0 Å². The summed E-state index contributed by atoms with van der Waals surface area (Å²) >= 11 is 0. The van der Waals surface area contributed by atoms with Gasteiger partial charge in [-0.05, 0) is 45.7 Å². The van der Waals surface area contributed by atoms with E-state index in [0.717, 1.165) is 31.6 Å². The molecule has 0 bridgehead atoms. The standard InChI is InChI=1S/C16H26N2O2/c1-4-18(12-8-11-17(2)3)13-15(16(19)20)14-9-6-5-7-10-14/h5-7,9-10,15H,4,8,11-13H2,1-3H3,(H,19,20). The molecular weight excluding hydrogens is 252 g/mol. The third-order valence-corrected chi connectivity index (χ3v) is 3.47. The Labute approximate surface area is 122 Å². The van der Waals surface area contributed by atoms with Crippen molar-refractivity contribution >= 4 is 5.97 Å². The molecule has 0 saturated carbocycles. The monoisotopic (exact) mass is 278 g/mol. The summed E-state index contributed by atoms with van der Waals surface area (Å²) in [5.41, 5.74) is 0.881. The van der Waals surface area contributed by atoms with Crippen molar-refractivity contribution in [3.63, 3.8) is 0 Å². The average Bonchev–Trinajstić information content (AvgIpc) is 2.42. The Bertz CT molecular complexity index is 393. The van der Waals surface area contributed by atoms with Crippen LogP contribution in [0, 0.1) is 0 Å². The zero-order chi connectivity index (χ0) is 15.0. The van der Waals surface area contributed by atoms with Gasteiger partial charge in [0.05, 0.1) is 5.92 Å². The summed E-state index contributed by atoms with van der Waals surface area (Å²) in [7, 11) is 4.11. The second-order valence-electron chi connectivity index (χ2n) is 5.35. The van der Waals surface area contributed by atoms with Crippen molar-refractivity contribution in [1.82, 2.24) is 9.80 Å². The minimum absolute atomic E-state index is 0.449. The van der Waals surface area contributed by atoms with E-state index in [1.165, 1.54) is 0 Å². The zero-order valence-electron chi connectivity index (χ0n) is 12.7. The van der Waals surface area contributed by atoms with Gasteiger partial charge in [0, 0.05) is 6.54 Å². The lowest BCUT2D eigenvalue weighted by molar-refractivity contribution is -0.139. The van der Waals surface area contributed by atoms with Crippen molar-refractivity contribution in [2.24, 2.45) is 0 Å². The number of likely N-dealkylation sites (N-methyl/N-ethyl adjacent to an activating group) is 1. The highest BCUT2D eigenvalue weighted by atomic mass is 16.4. The molecule has 0 aromatic heterocycles. The largest absolute Gasteiger partial charge is 0.481 e. The Kier molecular flexibility index (Phi) is 7.26. The SMILES string of the molecule is CCN(CCCN(C)C)CC(C(=O)O)c1ccccc1. The van der Waals surface area contributed by atoms with Gasteiger partial charge in [0.2, 0.25) is 0 Å². The van der Waals surface area contributed by atoms with E-state index >= 15 is 0 Å². The third-order valence-electron chi connectivity index (χ3n) is 3.47. The molecule has 0 radical (unpaired) electrons. The van der Waals surface area contributed by atoms with Crippen LogP contribution in [0.2, 0.25) is 0 Å². The van der Waals surface area contributed by atoms with Gasteiger partial charge in [-0.15, -0.1) is 0 Å². The van der Waals surface area contributed by atoms with Crippen LogP contribution in [0.15, 0.2) is 30.3 Å². The van der Waals surface area contributed by atoms with Crippen molar-refractivity contribution in [2.45, 2.75) is 19.3 Å². The van der Waals surface area contributed by atoms with Crippen LogP contribution in [0.1, 0.15) is 24.8 Å². The molecule has 0 saturated heterocycles. The summed E-state index contributed by atoms with van der Waals surface area (Å²) in [4.78, 5) is 15.9. The molecule has 0 aliphatic heterocycles. The van der Waals surface area contributed by atoms with Crippen molar-refractivity contribution in [1.29, 1.82) is 0 Å². The summed E-state index contributed by atoms with van der Waals surface area (Å²) in [6.45, 7) is 5.50. The van der Waals surface area contributed by atoms with Gasteiger partial charge in [-0.1, -0.05) is 37.3 Å². The van der Waals surface area contributed by atoms with Crippen LogP contribution < -0.4 is 0 Å². The maximum Gasteiger partial charge on any atom is 0.312 e. The molecule has 1 unspecified atom stereocenters.